The molecule has 0 saturated carbocycles. The number of hydrogen-bond acceptors (Lipinski definition) is 5. The molecule has 2 amide bonds. The third kappa shape index (κ3) is 4.95. The molecule has 1 saturated heterocycles. The summed E-state index contributed by atoms with van der Waals surface area (Å²) in [6, 6.07) is 7.62. The first-order valence-electron chi connectivity index (χ1n) is 7.96. The molecular formula is C18H24N2O3S2. The van der Waals surface area contributed by atoms with E-state index in [1.54, 1.807) is 6.26 Å². The van der Waals surface area contributed by atoms with E-state index in [0.717, 1.165) is 11.3 Å². The summed E-state index contributed by atoms with van der Waals surface area (Å²) in [6.45, 7) is 4.59. The summed E-state index contributed by atoms with van der Waals surface area (Å²) in [4.78, 5) is 23.7. The molecule has 0 bridgehead atoms. The second kappa shape index (κ2) is 8.67. The maximum atomic E-state index is 12.5. The van der Waals surface area contributed by atoms with Crippen molar-refractivity contribution in [1.82, 2.24) is 10.6 Å². The standard InChI is InChI=1S/C18H24N2O3S2/c1-12(2)9-10-23-14-7-5-13(6-8-14)11-18(25-4)17(22)19-16(24-3)15(21)20-18/h5-9,16H,10-11H2,1-4H3,(H,19,22)(H,20,21)/t16-,18+/m1/s1. The van der Waals surface area contributed by atoms with E-state index in [-0.39, 0.29) is 11.8 Å². The number of thioether (sulfide) groups is 2. The maximum absolute atomic E-state index is 12.5. The van der Waals surface area contributed by atoms with Crippen LogP contribution in [0.15, 0.2) is 35.9 Å². The Hall–Kier alpha value is -1.60. The van der Waals surface area contributed by atoms with Gasteiger partial charge in [-0.15, -0.1) is 23.5 Å². The van der Waals surface area contributed by atoms with Gasteiger partial charge in [0.05, 0.1) is 0 Å². The zero-order chi connectivity index (χ0) is 18.4. The second-order valence-corrected chi connectivity index (χ2v) is 8.07. The SMILES string of the molecule is CS[C@H]1NC(=O)[C@](Cc2ccc(OCC=C(C)C)cc2)(SC)NC1=O. The smallest absolute Gasteiger partial charge is 0.257 e. The molecule has 1 fully saturated rings. The Labute approximate surface area is 157 Å². The Bertz CT molecular complexity index is 657. The molecule has 1 aromatic carbocycles. The molecule has 2 N–H and O–H groups in total. The Morgan fingerprint density at radius 1 is 1.24 bits per heavy atom. The summed E-state index contributed by atoms with van der Waals surface area (Å²) < 4.78 is 5.65. The molecule has 2 atom stereocenters. The van der Waals surface area contributed by atoms with Crippen LogP contribution in [0.5, 0.6) is 5.75 Å². The highest BCUT2D eigenvalue weighted by molar-refractivity contribution is 8.01. The first-order valence-corrected chi connectivity index (χ1v) is 10.5. The average Bonchev–Trinajstić information content (AvgIpc) is 2.59. The highest BCUT2D eigenvalue weighted by Crippen LogP contribution is 2.29. The minimum Gasteiger partial charge on any atom is -0.490 e. The van der Waals surface area contributed by atoms with Crippen LogP contribution >= 0.6 is 23.5 Å². The lowest BCUT2D eigenvalue weighted by Crippen LogP contribution is -2.67. The number of carbonyl (C=O) groups is 2. The maximum Gasteiger partial charge on any atom is 0.257 e. The van der Waals surface area contributed by atoms with E-state index in [1.165, 1.54) is 29.1 Å². The van der Waals surface area contributed by atoms with E-state index < -0.39 is 10.2 Å². The number of carbonyl (C=O) groups excluding carboxylic acids is 2. The van der Waals surface area contributed by atoms with Gasteiger partial charge in [-0.25, -0.2) is 0 Å². The van der Waals surface area contributed by atoms with Crippen LogP contribution in [0.25, 0.3) is 0 Å². The van der Waals surface area contributed by atoms with Crippen LogP contribution in [-0.2, 0) is 16.0 Å². The van der Waals surface area contributed by atoms with Gasteiger partial charge in [0.15, 0.2) is 10.2 Å². The van der Waals surface area contributed by atoms with Gasteiger partial charge in [-0.05, 0) is 50.1 Å². The lowest BCUT2D eigenvalue weighted by atomic mass is 10.0. The van der Waals surface area contributed by atoms with Gasteiger partial charge < -0.3 is 15.4 Å². The van der Waals surface area contributed by atoms with Gasteiger partial charge in [0.1, 0.15) is 12.4 Å². The molecule has 0 spiro atoms. The molecule has 1 aliphatic rings. The van der Waals surface area contributed by atoms with Crippen LogP contribution in [0.2, 0.25) is 0 Å². The van der Waals surface area contributed by atoms with E-state index in [9.17, 15) is 9.59 Å². The molecule has 2 rings (SSSR count). The van der Waals surface area contributed by atoms with Crippen LogP contribution in [-0.4, -0.2) is 41.2 Å². The van der Waals surface area contributed by atoms with Crippen molar-refractivity contribution in [3.63, 3.8) is 0 Å². The van der Waals surface area contributed by atoms with Crippen molar-refractivity contribution in [2.45, 2.75) is 30.5 Å². The van der Waals surface area contributed by atoms with Crippen LogP contribution in [0.3, 0.4) is 0 Å². The van der Waals surface area contributed by atoms with Crippen molar-refractivity contribution >= 4 is 35.3 Å². The predicted octanol–water partition coefficient (Wildman–Crippen LogP) is 2.57. The fourth-order valence-electron chi connectivity index (χ4n) is 2.42. The summed E-state index contributed by atoms with van der Waals surface area (Å²) >= 11 is 2.65. The number of rotatable bonds is 7. The Morgan fingerprint density at radius 3 is 2.48 bits per heavy atom. The zero-order valence-electron chi connectivity index (χ0n) is 14.9. The fraction of sp³-hybridized carbons (Fsp3) is 0.444. The van der Waals surface area contributed by atoms with Crippen LogP contribution in [0.1, 0.15) is 19.4 Å². The molecule has 136 valence electrons. The van der Waals surface area contributed by atoms with E-state index in [0.29, 0.717) is 13.0 Å². The van der Waals surface area contributed by atoms with Crippen molar-refractivity contribution in [3.05, 3.63) is 41.5 Å². The molecule has 5 nitrogen and oxygen atoms in total. The Kier molecular flexibility index (Phi) is 6.84. The molecule has 1 heterocycles. The molecule has 7 heteroatoms. The van der Waals surface area contributed by atoms with E-state index in [1.807, 2.05) is 50.4 Å². The quantitative estimate of drug-likeness (QED) is 0.712. The van der Waals surface area contributed by atoms with Crippen LogP contribution in [0, 0.1) is 0 Å². The summed E-state index contributed by atoms with van der Waals surface area (Å²) in [5.41, 5.74) is 2.17. The van der Waals surface area contributed by atoms with Crippen LogP contribution < -0.4 is 15.4 Å². The molecular weight excluding hydrogens is 356 g/mol. The van der Waals surface area contributed by atoms with Crippen molar-refractivity contribution in [2.24, 2.45) is 0 Å². The summed E-state index contributed by atoms with van der Waals surface area (Å²) in [5, 5.41) is 5.15. The van der Waals surface area contributed by atoms with Gasteiger partial charge in [0.2, 0.25) is 0 Å². The molecule has 1 aromatic rings. The lowest BCUT2D eigenvalue weighted by molar-refractivity contribution is -0.135. The number of ether oxygens (including phenoxy) is 1. The van der Waals surface area contributed by atoms with E-state index in [4.69, 9.17) is 4.74 Å². The van der Waals surface area contributed by atoms with Crippen molar-refractivity contribution in [1.29, 1.82) is 0 Å². The van der Waals surface area contributed by atoms with Gasteiger partial charge in [-0.2, -0.15) is 0 Å². The molecule has 0 aromatic heterocycles. The zero-order valence-corrected chi connectivity index (χ0v) is 16.6. The first-order chi connectivity index (χ1) is 11.9. The largest absolute Gasteiger partial charge is 0.490 e. The number of piperazine rings is 1. The Morgan fingerprint density at radius 2 is 1.92 bits per heavy atom. The van der Waals surface area contributed by atoms with Gasteiger partial charge >= 0.3 is 0 Å². The fourth-order valence-corrected chi connectivity index (χ4v) is 3.68. The molecule has 0 radical (unpaired) electrons. The van der Waals surface area contributed by atoms with Crippen LogP contribution in [0.4, 0.5) is 0 Å². The van der Waals surface area contributed by atoms with Crippen molar-refractivity contribution in [3.8, 4) is 5.75 Å². The summed E-state index contributed by atoms with van der Waals surface area (Å²) in [7, 11) is 0. The number of benzene rings is 1. The minimum absolute atomic E-state index is 0.164. The highest BCUT2D eigenvalue weighted by Gasteiger charge is 2.46. The van der Waals surface area contributed by atoms with Gasteiger partial charge in [-0.3, -0.25) is 9.59 Å². The summed E-state index contributed by atoms with van der Waals surface area (Å²) in [6.07, 6.45) is 6.06. The number of hydrogen-bond donors (Lipinski definition) is 2. The van der Waals surface area contributed by atoms with Crippen molar-refractivity contribution in [2.75, 3.05) is 19.1 Å². The number of amides is 2. The first kappa shape index (κ1) is 19.7. The van der Waals surface area contributed by atoms with Gasteiger partial charge in [0.25, 0.3) is 11.8 Å². The highest BCUT2D eigenvalue weighted by atomic mass is 32.2. The monoisotopic (exact) mass is 380 g/mol. The lowest BCUT2D eigenvalue weighted by Gasteiger charge is -2.38. The van der Waals surface area contributed by atoms with Crippen molar-refractivity contribution < 1.29 is 14.3 Å². The number of nitrogens with one attached hydrogen (secondary N) is 2. The minimum atomic E-state index is -0.978. The molecule has 0 aliphatic carbocycles. The second-order valence-electron chi connectivity index (χ2n) is 6.02. The molecule has 25 heavy (non-hydrogen) atoms. The van der Waals surface area contributed by atoms with Gasteiger partial charge in [0, 0.05) is 6.42 Å². The van der Waals surface area contributed by atoms with E-state index in [2.05, 4.69) is 10.6 Å². The van der Waals surface area contributed by atoms with E-state index >= 15 is 0 Å². The molecule has 1 aliphatic heterocycles. The number of allylic oxidation sites excluding steroid dienone is 1. The third-order valence-corrected chi connectivity index (χ3v) is 5.83. The topological polar surface area (TPSA) is 67.4 Å². The normalized spacial score (nSPS) is 22.8. The molecule has 0 unspecified atom stereocenters. The van der Waals surface area contributed by atoms with Gasteiger partial charge in [-0.1, -0.05) is 17.7 Å². The Balaban J connectivity index is 2.07. The average molecular weight is 381 g/mol. The summed E-state index contributed by atoms with van der Waals surface area (Å²) in [5.74, 6) is 0.449. The predicted molar refractivity (Wildman–Crippen MR) is 105 cm³/mol. The third-order valence-electron chi connectivity index (χ3n) is 3.89.